The average Bonchev–Trinajstić information content (AvgIpc) is 2.42. The second kappa shape index (κ2) is 5.68. The molecule has 0 aliphatic carbocycles. The fourth-order valence-corrected chi connectivity index (χ4v) is 3.23. The minimum atomic E-state index is -1.20. The van der Waals surface area contributed by atoms with Crippen molar-refractivity contribution < 1.29 is 4.21 Å². The van der Waals surface area contributed by atoms with Gasteiger partial charge in [0.05, 0.1) is 28.2 Å². The summed E-state index contributed by atoms with van der Waals surface area (Å²) in [5.41, 5.74) is 8.67. The van der Waals surface area contributed by atoms with E-state index in [0.29, 0.717) is 17.0 Å². The Balaban J connectivity index is 2.32. The molecule has 0 radical (unpaired) electrons. The molecule has 0 saturated heterocycles. The summed E-state index contributed by atoms with van der Waals surface area (Å²) in [5.74, 6) is 0.327. The molecular weight excluding hydrogens is 256 g/mol. The van der Waals surface area contributed by atoms with Crippen molar-refractivity contribution in [2.45, 2.75) is 17.6 Å². The van der Waals surface area contributed by atoms with Crippen molar-refractivity contribution in [1.82, 2.24) is 0 Å². The highest BCUT2D eigenvalue weighted by Crippen LogP contribution is 2.22. The molecule has 96 valence electrons. The van der Waals surface area contributed by atoms with Gasteiger partial charge in [0.2, 0.25) is 0 Å². The second-order valence-electron chi connectivity index (χ2n) is 4.23. The monoisotopic (exact) mass is 270 g/mol. The van der Waals surface area contributed by atoms with Crippen molar-refractivity contribution in [2.24, 2.45) is 0 Å². The first-order valence-corrected chi connectivity index (χ1v) is 7.17. The lowest BCUT2D eigenvalue weighted by atomic mass is 10.1. The predicted octanol–water partition coefficient (Wildman–Crippen LogP) is 2.76. The molecular formula is C15H14N2OS. The highest BCUT2D eigenvalue weighted by molar-refractivity contribution is 7.84. The van der Waals surface area contributed by atoms with Crippen LogP contribution in [0.15, 0.2) is 47.4 Å². The van der Waals surface area contributed by atoms with Gasteiger partial charge in [-0.15, -0.1) is 0 Å². The largest absolute Gasteiger partial charge is 0.398 e. The zero-order valence-corrected chi connectivity index (χ0v) is 11.4. The Kier molecular flexibility index (Phi) is 3.98. The molecule has 3 nitrogen and oxygen atoms in total. The summed E-state index contributed by atoms with van der Waals surface area (Å²) in [5, 5.41) is 9.03. The molecule has 0 saturated carbocycles. The highest BCUT2D eigenvalue weighted by atomic mass is 32.2. The van der Waals surface area contributed by atoms with Gasteiger partial charge in [0, 0.05) is 10.6 Å². The van der Waals surface area contributed by atoms with Gasteiger partial charge in [-0.1, -0.05) is 24.3 Å². The maximum atomic E-state index is 12.4. The van der Waals surface area contributed by atoms with Gasteiger partial charge in [0.1, 0.15) is 0 Å². The van der Waals surface area contributed by atoms with Crippen LogP contribution in [0.4, 0.5) is 5.69 Å². The van der Waals surface area contributed by atoms with E-state index in [0.717, 1.165) is 16.0 Å². The van der Waals surface area contributed by atoms with Gasteiger partial charge in [-0.3, -0.25) is 4.21 Å². The summed E-state index contributed by atoms with van der Waals surface area (Å²) in [4.78, 5) is 0.729. The number of nitrogens with zero attached hydrogens (tertiary/aromatic N) is 1. The van der Waals surface area contributed by atoms with E-state index in [-0.39, 0.29) is 0 Å². The summed E-state index contributed by atoms with van der Waals surface area (Å²) in [6, 6.07) is 14.7. The smallest absolute Gasteiger partial charge is 0.0994 e. The zero-order chi connectivity index (χ0) is 13.8. The van der Waals surface area contributed by atoms with Crippen LogP contribution in [-0.2, 0) is 16.6 Å². The van der Waals surface area contributed by atoms with E-state index in [1.165, 1.54) is 0 Å². The topological polar surface area (TPSA) is 66.9 Å². The first kappa shape index (κ1) is 13.3. The molecule has 2 aromatic rings. The lowest BCUT2D eigenvalue weighted by molar-refractivity contribution is 0.682. The van der Waals surface area contributed by atoms with Gasteiger partial charge < -0.3 is 5.73 Å². The number of benzene rings is 2. The molecule has 2 rings (SSSR count). The molecule has 0 aromatic heterocycles. The number of anilines is 1. The SMILES string of the molecule is Cc1c(N)cccc1S(=O)Cc1ccccc1C#N. The Morgan fingerprint density at radius 3 is 2.68 bits per heavy atom. The molecule has 4 heteroatoms. The van der Waals surface area contributed by atoms with Crippen molar-refractivity contribution in [3.8, 4) is 6.07 Å². The minimum Gasteiger partial charge on any atom is -0.398 e. The summed E-state index contributed by atoms with van der Waals surface area (Å²) in [6.07, 6.45) is 0. The first-order valence-electron chi connectivity index (χ1n) is 5.85. The zero-order valence-electron chi connectivity index (χ0n) is 10.6. The first-order chi connectivity index (χ1) is 9.13. The molecule has 0 fully saturated rings. The number of hydrogen-bond donors (Lipinski definition) is 1. The molecule has 0 amide bonds. The standard InChI is InChI=1S/C15H14N2OS/c1-11-14(17)7-4-8-15(11)19(18)10-13-6-3-2-5-12(13)9-16/h2-8H,10,17H2,1H3. The molecule has 19 heavy (non-hydrogen) atoms. The summed E-state index contributed by atoms with van der Waals surface area (Å²) >= 11 is 0. The van der Waals surface area contributed by atoms with Crippen LogP contribution in [0.5, 0.6) is 0 Å². The van der Waals surface area contributed by atoms with Crippen LogP contribution in [0.2, 0.25) is 0 Å². The number of hydrogen-bond acceptors (Lipinski definition) is 3. The normalized spacial score (nSPS) is 11.8. The Labute approximate surface area is 115 Å². The fraction of sp³-hybridized carbons (Fsp3) is 0.133. The second-order valence-corrected chi connectivity index (χ2v) is 5.65. The van der Waals surface area contributed by atoms with Crippen LogP contribution in [0, 0.1) is 18.3 Å². The van der Waals surface area contributed by atoms with E-state index in [4.69, 9.17) is 11.0 Å². The van der Waals surface area contributed by atoms with Gasteiger partial charge in [-0.05, 0) is 36.2 Å². The van der Waals surface area contributed by atoms with E-state index < -0.39 is 10.8 Å². The molecule has 0 bridgehead atoms. The Bertz CT molecular complexity index is 674. The van der Waals surface area contributed by atoms with Gasteiger partial charge in [-0.25, -0.2) is 0 Å². The highest BCUT2D eigenvalue weighted by Gasteiger charge is 2.11. The summed E-state index contributed by atoms with van der Waals surface area (Å²) in [6.45, 7) is 1.86. The minimum absolute atomic E-state index is 0.327. The Morgan fingerprint density at radius 2 is 1.95 bits per heavy atom. The summed E-state index contributed by atoms with van der Waals surface area (Å²) in [7, 11) is -1.20. The third-order valence-corrected chi connectivity index (χ3v) is 4.50. The Hall–Kier alpha value is -2.12. The molecule has 0 heterocycles. The van der Waals surface area contributed by atoms with Gasteiger partial charge >= 0.3 is 0 Å². The maximum Gasteiger partial charge on any atom is 0.0994 e. The van der Waals surface area contributed by atoms with Gasteiger partial charge in [-0.2, -0.15) is 5.26 Å². The van der Waals surface area contributed by atoms with E-state index in [9.17, 15) is 4.21 Å². The van der Waals surface area contributed by atoms with Crippen LogP contribution < -0.4 is 5.73 Å². The van der Waals surface area contributed by atoms with Crippen LogP contribution >= 0.6 is 0 Å². The van der Waals surface area contributed by atoms with Crippen molar-refractivity contribution in [2.75, 3.05) is 5.73 Å². The summed E-state index contributed by atoms with van der Waals surface area (Å²) < 4.78 is 12.4. The lowest BCUT2D eigenvalue weighted by Crippen LogP contribution is -2.02. The molecule has 0 aliphatic heterocycles. The van der Waals surface area contributed by atoms with Crippen molar-refractivity contribution in [3.63, 3.8) is 0 Å². The third kappa shape index (κ3) is 2.83. The van der Waals surface area contributed by atoms with E-state index >= 15 is 0 Å². The van der Waals surface area contributed by atoms with E-state index in [2.05, 4.69) is 6.07 Å². The predicted molar refractivity (Wildman–Crippen MR) is 76.9 cm³/mol. The number of nitrogens with two attached hydrogens (primary N) is 1. The molecule has 1 unspecified atom stereocenters. The number of rotatable bonds is 3. The molecule has 1 atom stereocenters. The van der Waals surface area contributed by atoms with Crippen molar-refractivity contribution in [3.05, 3.63) is 59.2 Å². The number of nitrogen functional groups attached to an aromatic ring is 1. The van der Waals surface area contributed by atoms with E-state index in [1.807, 2.05) is 25.1 Å². The number of nitriles is 1. The van der Waals surface area contributed by atoms with Crippen LogP contribution in [0.1, 0.15) is 16.7 Å². The van der Waals surface area contributed by atoms with Crippen molar-refractivity contribution in [1.29, 1.82) is 5.26 Å². The van der Waals surface area contributed by atoms with Gasteiger partial charge in [0.15, 0.2) is 0 Å². The lowest BCUT2D eigenvalue weighted by Gasteiger charge is -2.09. The van der Waals surface area contributed by atoms with Crippen LogP contribution in [0.3, 0.4) is 0 Å². The molecule has 2 N–H and O–H groups in total. The van der Waals surface area contributed by atoms with E-state index in [1.54, 1.807) is 24.3 Å². The molecule has 0 spiro atoms. The van der Waals surface area contributed by atoms with Crippen LogP contribution in [-0.4, -0.2) is 4.21 Å². The molecule has 2 aromatic carbocycles. The fourth-order valence-electron chi connectivity index (χ4n) is 1.85. The van der Waals surface area contributed by atoms with Gasteiger partial charge in [0.25, 0.3) is 0 Å². The quantitative estimate of drug-likeness (QED) is 0.872. The van der Waals surface area contributed by atoms with Crippen LogP contribution in [0.25, 0.3) is 0 Å². The average molecular weight is 270 g/mol. The Morgan fingerprint density at radius 1 is 1.21 bits per heavy atom. The molecule has 0 aliphatic rings. The maximum absolute atomic E-state index is 12.4. The van der Waals surface area contributed by atoms with Crippen molar-refractivity contribution >= 4 is 16.5 Å². The third-order valence-electron chi connectivity index (χ3n) is 3.00.